The van der Waals surface area contributed by atoms with Crippen LogP contribution in [0.5, 0.6) is 0 Å². The summed E-state index contributed by atoms with van der Waals surface area (Å²) in [6.45, 7) is 4.02. The van der Waals surface area contributed by atoms with E-state index in [2.05, 4.69) is 6.92 Å². The molecule has 0 N–H and O–H groups in total. The predicted molar refractivity (Wildman–Crippen MR) is 59.9 cm³/mol. The van der Waals surface area contributed by atoms with E-state index in [1.165, 1.54) is 0 Å². The van der Waals surface area contributed by atoms with Crippen molar-refractivity contribution in [3.8, 4) is 0 Å². The minimum Gasteiger partial charge on any atom is -0.353 e. The Balaban J connectivity index is 2.11. The Morgan fingerprint density at radius 1 is 1.33 bits per heavy atom. The number of hydroxylamine groups is 1. The van der Waals surface area contributed by atoms with Gasteiger partial charge in [0.2, 0.25) is 0 Å². The van der Waals surface area contributed by atoms with Crippen molar-refractivity contribution in [2.45, 2.75) is 6.92 Å². The molecule has 1 aromatic rings. The van der Waals surface area contributed by atoms with E-state index in [9.17, 15) is 0 Å². The molecule has 3 nitrogen and oxygen atoms in total. The normalized spacial score (nSPS) is 22.5. The highest BCUT2D eigenvalue weighted by atomic mass is 35.5. The summed E-state index contributed by atoms with van der Waals surface area (Å²) in [5.74, 6) is 0.461. The van der Waals surface area contributed by atoms with Gasteiger partial charge in [-0.05, 0) is 30.2 Å². The smallest absolute Gasteiger partial charge is 0.173 e. The van der Waals surface area contributed by atoms with E-state index < -0.39 is 0 Å². The maximum atomic E-state index is 5.83. The van der Waals surface area contributed by atoms with Crippen molar-refractivity contribution >= 4 is 17.3 Å². The van der Waals surface area contributed by atoms with E-state index in [4.69, 9.17) is 21.2 Å². The third kappa shape index (κ3) is 2.84. The monoisotopic (exact) mass is 227 g/mol. The van der Waals surface area contributed by atoms with Gasteiger partial charge in [0.15, 0.2) is 6.79 Å². The van der Waals surface area contributed by atoms with Gasteiger partial charge in [-0.15, -0.1) is 0 Å². The minimum atomic E-state index is 0.312. The van der Waals surface area contributed by atoms with Gasteiger partial charge in [0.05, 0.1) is 18.8 Å². The quantitative estimate of drug-likeness (QED) is 0.737. The summed E-state index contributed by atoms with van der Waals surface area (Å²) in [5, 5.41) is 2.59. The van der Waals surface area contributed by atoms with Gasteiger partial charge < -0.3 is 4.74 Å². The van der Waals surface area contributed by atoms with Gasteiger partial charge in [-0.3, -0.25) is 5.06 Å². The maximum Gasteiger partial charge on any atom is 0.173 e. The van der Waals surface area contributed by atoms with Crippen LogP contribution in [-0.2, 0) is 9.57 Å². The van der Waals surface area contributed by atoms with Crippen molar-refractivity contribution < 1.29 is 9.57 Å². The summed E-state index contributed by atoms with van der Waals surface area (Å²) in [5.41, 5.74) is 1.01. The Morgan fingerprint density at radius 3 is 2.80 bits per heavy atom. The van der Waals surface area contributed by atoms with Crippen LogP contribution in [0.25, 0.3) is 0 Å². The Bertz CT molecular complexity index is 315. The van der Waals surface area contributed by atoms with E-state index >= 15 is 0 Å². The minimum absolute atomic E-state index is 0.312. The van der Waals surface area contributed by atoms with E-state index in [0.29, 0.717) is 12.7 Å². The number of benzene rings is 1. The molecule has 1 aliphatic heterocycles. The molecule has 1 saturated heterocycles. The van der Waals surface area contributed by atoms with Crippen LogP contribution in [0, 0.1) is 5.92 Å². The molecule has 1 aliphatic rings. The highest BCUT2D eigenvalue weighted by Crippen LogP contribution is 2.20. The number of rotatable bonds is 1. The molecule has 0 aromatic heterocycles. The van der Waals surface area contributed by atoms with Crippen LogP contribution in [0.3, 0.4) is 0 Å². The number of hydrogen-bond acceptors (Lipinski definition) is 3. The largest absolute Gasteiger partial charge is 0.353 e. The van der Waals surface area contributed by atoms with Crippen molar-refractivity contribution in [2.24, 2.45) is 5.92 Å². The van der Waals surface area contributed by atoms with Gasteiger partial charge >= 0.3 is 0 Å². The van der Waals surface area contributed by atoms with E-state index in [1.54, 1.807) is 0 Å². The molecule has 82 valence electrons. The SMILES string of the molecule is CC1COCON(c2ccc(Cl)cc2)C1. The zero-order valence-electron chi connectivity index (χ0n) is 8.65. The second-order valence-electron chi connectivity index (χ2n) is 3.76. The van der Waals surface area contributed by atoms with Crippen molar-refractivity contribution in [1.29, 1.82) is 0 Å². The fourth-order valence-corrected chi connectivity index (χ4v) is 1.65. The molecule has 1 fully saturated rings. The second-order valence-corrected chi connectivity index (χ2v) is 4.20. The molecule has 0 spiro atoms. The van der Waals surface area contributed by atoms with Crippen LogP contribution in [0.1, 0.15) is 6.92 Å². The Kier molecular flexibility index (Phi) is 3.46. The molecule has 1 unspecified atom stereocenters. The molecule has 1 atom stereocenters. The van der Waals surface area contributed by atoms with E-state index in [-0.39, 0.29) is 0 Å². The molecule has 0 saturated carbocycles. The van der Waals surface area contributed by atoms with Crippen LogP contribution in [0.15, 0.2) is 24.3 Å². The second kappa shape index (κ2) is 4.84. The summed E-state index contributed by atoms with van der Waals surface area (Å²) in [6, 6.07) is 7.61. The van der Waals surface area contributed by atoms with E-state index in [0.717, 1.165) is 23.9 Å². The van der Waals surface area contributed by atoms with E-state index in [1.807, 2.05) is 29.3 Å². The topological polar surface area (TPSA) is 21.7 Å². The lowest BCUT2D eigenvalue weighted by Crippen LogP contribution is -2.26. The van der Waals surface area contributed by atoms with Crippen LogP contribution in [0.2, 0.25) is 5.02 Å². The predicted octanol–water partition coefficient (Wildman–Crippen LogP) is 2.70. The molecule has 1 aromatic carbocycles. The van der Waals surface area contributed by atoms with Crippen molar-refractivity contribution in [1.82, 2.24) is 0 Å². The lowest BCUT2D eigenvalue weighted by atomic mass is 10.2. The van der Waals surface area contributed by atoms with Crippen LogP contribution < -0.4 is 5.06 Å². The number of nitrogens with zero attached hydrogens (tertiary/aromatic N) is 1. The maximum absolute atomic E-state index is 5.83. The summed E-state index contributed by atoms with van der Waals surface area (Å²) in [7, 11) is 0. The number of anilines is 1. The standard InChI is InChI=1S/C11H14ClNO2/c1-9-6-13(15-8-14-7-9)11-4-2-10(12)3-5-11/h2-5,9H,6-8H2,1H3. The lowest BCUT2D eigenvalue weighted by molar-refractivity contribution is -0.0456. The average Bonchev–Trinajstić information content (AvgIpc) is 2.44. The average molecular weight is 228 g/mol. The Morgan fingerprint density at radius 2 is 2.07 bits per heavy atom. The molecule has 2 rings (SSSR count). The van der Waals surface area contributed by atoms with Gasteiger partial charge in [0.25, 0.3) is 0 Å². The molecular formula is C11H14ClNO2. The highest BCUT2D eigenvalue weighted by molar-refractivity contribution is 6.30. The fourth-order valence-electron chi connectivity index (χ4n) is 1.53. The summed E-state index contributed by atoms with van der Waals surface area (Å²) in [6.07, 6.45) is 0. The Labute approximate surface area is 94.5 Å². The third-order valence-electron chi connectivity index (χ3n) is 2.29. The first-order valence-corrected chi connectivity index (χ1v) is 5.37. The molecule has 15 heavy (non-hydrogen) atoms. The fraction of sp³-hybridized carbons (Fsp3) is 0.455. The van der Waals surface area contributed by atoms with Crippen molar-refractivity contribution in [2.75, 3.05) is 25.0 Å². The van der Waals surface area contributed by atoms with Gasteiger partial charge in [-0.25, -0.2) is 4.84 Å². The molecule has 0 amide bonds. The molecule has 0 radical (unpaired) electrons. The summed E-state index contributed by atoms with van der Waals surface area (Å²) < 4.78 is 5.29. The Hall–Kier alpha value is -0.770. The van der Waals surface area contributed by atoms with Crippen molar-refractivity contribution in [3.63, 3.8) is 0 Å². The first kappa shape index (κ1) is 10.7. The molecule has 0 aliphatic carbocycles. The summed E-state index contributed by atoms with van der Waals surface area (Å²) >= 11 is 5.83. The molecular weight excluding hydrogens is 214 g/mol. The summed E-state index contributed by atoms with van der Waals surface area (Å²) in [4.78, 5) is 5.47. The van der Waals surface area contributed by atoms with Crippen LogP contribution in [0.4, 0.5) is 5.69 Å². The zero-order chi connectivity index (χ0) is 10.7. The van der Waals surface area contributed by atoms with Crippen molar-refractivity contribution in [3.05, 3.63) is 29.3 Å². The number of hydrogen-bond donors (Lipinski definition) is 0. The van der Waals surface area contributed by atoms with Crippen LogP contribution >= 0.6 is 11.6 Å². The van der Waals surface area contributed by atoms with Gasteiger partial charge in [-0.2, -0.15) is 0 Å². The lowest BCUT2D eigenvalue weighted by Gasteiger charge is -2.22. The molecule has 1 heterocycles. The first-order valence-electron chi connectivity index (χ1n) is 4.99. The van der Waals surface area contributed by atoms with Crippen LogP contribution in [-0.4, -0.2) is 19.9 Å². The van der Waals surface area contributed by atoms with Gasteiger partial charge in [0.1, 0.15) is 0 Å². The molecule has 4 heteroatoms. The number of ether oxygens (including phenoxy) is 1. The first-order chi connectivity index (χ1) is 7.25. The highest BCUT2D eigenvalue weighted by Gasteiger charge is 2.16. The molecule has 0 bridgehead atoms. The van der Waals surface area contributed by atoms with Gasteiger partial charge in [0, 0.05) is 5.02 Å². The zero-order valence-corrected chi connectivity index (χ0v) is 9.41. The third-order valence-corrected chi connectivity index (χ3v) is 2.54. The van der Waals surface area contributed by atoms with Gasteiger partial charge in [-0.1, -0.05) is 18.5 Å². The number of halogens is 1.